The first-order chi connectivity index (χ1) is 6.82. The minimum atomic E-state index is 0.0544. The van der Waals surface area contributed by atoms with Crippen LogP contribution in [0.3, 0.4) is 0 Å². The first-order valence-corrected chi connectivity index (χ1v) is 5.15. The fourth-order valence-corrected chi connectivity index (χ4v) is 2.67. The van der Waals surface area contributed by atoms with Gasteiger partial charge in [-0.25, -0.2) is 4.98 Å². The molecule has 14 heavy (non-hydrogen) atoms. The fourth-order valence-electron chi connectivity index (χ4n) is 2.67. The minimum Gasteiger partial charge on any atom is -0.379 e. The molecule has 0 radical (unpaired) electrons. The molecule has 0 aliphatic carbocycles. The van der Waals surface area contributed by atoms with Crippen molar-refractivity contribution in [2.45, 2.75) is 18.4 Å². The molecule has 1 atom stereocenters. The van der Waals surface area contributed by atoms with Crippen LogP contribution in [0.2, 0.25) is 0 Å². The molecule has 1 aromatic heterocycles. The van der Waals surface area contributed by atoms with Crippen molar-refractivity contribution in [1.29, 1.82) is 0 Å². The van der Waals surface area contributed by atoms with E-state index in [0.29, 0.717) is 0 Å². The number of nitrogens with zero attached hydrogens (tertiary/aromatic N) is 2. The maximum absolute atomic E-state index is 5.52. The molecule has 1 aromatic rings. The SMILES string of the molecule is Cn1cnc2c1C1(CCOC1)NCC2. The molecule has 1 saturated heterocycles. The summed E-state index contributed by atoms with van der Waals surface area (Å²) in [5.41, 5.74) is 2.64. The second-order valence-corrected chi connectivity index (χ2v) is 4.21. The molecule has 76 valence electrons. The summed E-state index contributed by atoms with van der Waals surface area (Å²) >= 11 is 0. The van der Waals surface area contributed by atoms with Gasteiger partial charge in [0.25, 0.3) is 0 Å². The topological polar surface area (TPSA) is 39.1 Å². The second-order valence-electron chi connectivity index (χ2n) is 4.21. The highest BCUT2D eigenvalue weighted by molar-refractivity contribution is 5.27. The van der Waals surface area contributed by atoms with Crippen molar-refractivity contribution >= 4 is 0 Å². The van der Waals surface area contributed by atoms with E-state index in [-0.39, 0.29) is 5.54 Å². The standard InChI is InChI=1S/C10H15N3O/c1-13-7-11-8-2-4-12-10(9(8)13)3-5-14-6-10/h7,12H,2-6H2,1H3. The fraction of sp³-hybridized carbons (Fsp3) is 0.700. The molecule has 2 aliphatic heterocycles. The average molecular weight is 193 g/mol. The van der Waals surface area contributed by atoms with Gasteiger partial charge in [-0.3, -0.25) is 0 Å². The van der Waals surface area contributed by atoms with E-state index in [4.69, 9.17) is 4.74 Å². The van der Waals surface area contributed by atoms with Gasteiger partial charge in [-0.05, 0) is 6.42 Å². The van der Waals surface area contributed by atoms with Gasteiger partial charge in [0.1, 0.15) is 0 Å². The number of ether oxygens (including phenoxy) is 1. The van der Waals surface area contributed by atoms with Crippen molar-refractivity contribution in [3.05, 3.63) is 17.7 Å². The normalized spacial score (nSPS) is 30.9. The zero-order valence-corrected chi connectivity index (χ0v) is 8.42. The van der Waals surface area contributed by atoms with Crippen LogP contribution < -0.4 is 5.32 Å². The number of hydrogen-bond acceptors (Lipinski definition) is 3. The van der Waals surface area contributed by atoms with Crippen LogP contribution >= 0.6 is 0 Å². The molecule has 4 heteroatoms. The summed E-state index contributed by atoms with van der Waals surface area (Å²) in [7, 11) is 2.07. The number of fused-ring (bicyclic) bond motifs is 2. The lowest BCUT2D eigenvalue weighted by molar-refractivity contribution is 0.160. The van der Waals surface area contributed by atoms with Crippen LogP contribution in [0.5, 0.6) is 0 Å². The number of nitrogens with one attached hydrogen (secondary N) is 1. The lowest BCUT2D eigenvalue weighted by atomic mass is 9.88. The molecule has 0 amide bonds. The highest BCUT2D eigenvalue weighted by Gasteiger charge is 2.42. The summed E-state index contributed by atoms with van der Waals surface area (Å²) in [6, 6.07) is 0. The monoisotopic (exact) mass is 193 g/mol. The number of rotatable bonds is 0. The lowest BCUT2D eigenvalue weighted by Gasteiger charge is -2.33. The van der Waals surface area contributed by atoms with Crippen LogP contribution in [0.25, 0.3) is 0 Å². The van der Waals surface area contributed by atoms with Gasteiger partial charge in [-0.15, -0.1) is 0 Å². The molecule has 1 N–H and O–H groups in total. The summed E-state index contributed by atoms with van der Waals surface area (Å²) in [6.45, 7) is 2.67. The van der Waals surface area contributed by atoms with Crippen LogP contribution in [0.1, 0.15) is 17.8 Å². The number of hydrogen-bond donors (Lipinski definition) is 1. The van der Waals surface area contributed by atoms with Crippen LogP contribution in [0.15, 0.2) is 6.33 Å². The van der Waals surface area contributed by atoms with Gasteiger partial charge in [0, 0.05) is 26.6 Å². The lowest BCUT2D eigenvalue weighted by Crippen LogP contribution is -2.48. The molecule has 0 bridgehead atoms. The molecule has 0 aromatic carbocycles. The van der Waals surface area contributed by atoms with Crippen molar-refractivity contribution < 1.29 is 4.74 Å². The minimum absolute atomic E-state index is 0.0544. The van der Waals surface area contributed by atoms with Crippen molar-refractivity contribution in [3.8, 4) is 0 Å². The molecular formula is C10H15N3O. The first kappa shape index (κ1) is 8.44. The van der Waals surface area contributed by atoms with Gasteiger partial charge in [0.05, 0.1) is 29.9 Å². The van der Waals surface area contributed by atoms with Gasteiger partial charge in [0.15, 0.2) is 0 Å². The predicted octanol–water partition coefficient (Wildman–Crippen LogP) is 0.181. The Balaban J connectivity index is 2.13. The number of aryl methyl sites for hydroxylation is 1. The summed E-state index contributed by atoms with van der Waals surface area (Å²) in [6.07, 6.45) is 4.02. The van der Waals surface area contributed by atoms with E-state index in [1.165, 1.54) is 11.4 Å². The van der Waals surface area contributed by atoms with Crippen molar-refractivity contribution in [3.63, 3.8) is 0 Å². The molecule has 1 spiro atoms. The highest BCUT2D eigenvalue weighted by atomic mass is 16.5. The van der Waals surface area contributed by atoms with Crippen molar-refractivity contribution in [2.75, 3.05) is 19.8 Å². The number of imidazole rings is 1. The average Bonchev–Trinajstić information content (AvgIpc) is 2.76. The molecule has 3 heterocycles. The summed E-state index contributed by atoms with van der Waals surface area (Å²) in [5, 5.41) is 3.59. The van der Waals surface area contributed by atoms with Gasteiger partial charge < -0.3 is 14.6 Å². The van der Waals surface area contributed by atoms with E-state index in [2.05, 4.69) is 21.9 Å². The quantitative estimate of drug-likeness (QED) is 0.639. The highest BCUT2D eigenvalue weighted by Crippen LogP contribution is 2.34. The molecular weight excluding hydrogens is 178 g/mol. The smallest absolute Gasteiger partial charge is 0.0949 e. The Morgan fingerprint density at radius 1 is 1.64 bits per heavy atom. The molecule has 0 saturated carbocycles. The zero-order chi connectivity index (χ0) is 9.60. The second kappa shape index (κ2) is 2.81. The Hall–Kier alpha value is -0.870. The van der Waals surface area contributed by atoms with Crippen LogP contribution in [0, 0.1) is 0 Å². The third kappa shape index (κ3) is 0.980. The zero-order valence-electron chi connectivity index (χ0n) is 8.42. The van der Waals surface area contributed by atoms with Crippen LogP contribution in [0.4, 0.5) is 0 Å². The first-order valence-electron chi connectivity index (χ1n) is 5.15. The van der Waals surface area contributed by atoms with Crippen LogP contribution in [-0.2, 0) is 23.7 Å². The molecule has 1 unspecified atom stereocenters. The van der Waals surface area contributed by atoms with Gasteiger partial charge in [-0.2, -0.15) is 0 Å². The Bertz CT molecular complexity index is 352. The van der Waals surface area contributed by atoms with E-state index < -0.39 is 0 Å². The van der Waals surface area contributed by atoms with E-state index in [9.17, 15) is 0 Å². The van der Waals surface area contributed by atoms with E-state index >= 15 is 0 Å². The van der Waals surface area contributed by atoms with E-state index in [1.54, 1.807) is 0 Å². The van der Waals surface area contributed by atoms with Gasteiger partial charge in [-0.1, -0.05) is 0 Å². The van der Waals surface area contributed by atoms with Crippen molar-refractivity contribution in [1.82, 2.24) is 14.9 Å². The number of aromatic nitrogens is 2. The van der Waals surface area contributed by atoms with Crippen molar-refractivity contribution in [2.24, 2.45) is 7.05 Å². The third-order valence-electron chi connectivity index (χ3n) is 3.31. The van der Waals surface area contributed by atoms with Gasteiger partial charge in [0.2, 0.25) is 0 Å². The largest absolute Gasteiger partial charge is 0.379 e. The van der Waals surface area contributed by atoms with Gasteiger partial charge >= 0.3 is 0 Å². The maximum atomic E-state index is 5.52. The summed E-state index contributed by atoms with van der Waals surface area (Å²) in [4.78, 5) is 4.44. The third-order valence-corrected chi connectivity index (χ3v) is 3.31. The molecule has 2 aliphatic rings. The molecule has 1 fully saturated rings. The Morgan fingerprint density at radius 3 is 3.36 bits per heavy atom. The molecule has 4 nitrogen and oxygen atoms in total. The van der Waals surface area contributed by atoms with E-state index in [0.717, 1.165) is 32.6 Å². The Morgan fingerprint density at radius 2 is 2.57 bits per heavy atom. The Kier molecular flexibility index (Phi) is 1.69. The maximum Gasteiger partial charge on any atom is 0.0949 e. The Labute approximate surface area is 83.3 Å². The van der Waals surface area contributed by atoms with Crippen LogP contribution in [-0.4, -0.2) is 29.3 Å². The summed E-state index contributed by atoms with van der Waals surface area (Å²) < 4.78 is 7.65. The summed E-state index contributed by atoms with van der Waals surface area (Å²) in [5.74, 6) is 0. The molecule has 3 rings (SSSR count). The predicted molar refractivity (Wildman–Crippen MR) is 52.0 cm³/mol. The van der Waals surface area contributed by atoms with E-state index in [1.807, 2.05) is 6.33 Å².